The number of benzene rings is 1. The highest BCUT2D eigenvalue weighted by Crippen LogP contribution is 2.31. The summed E-state index contributed by atoms with van der Waals surface area (Å²) in [6.45, 7) is 5.30. The van der Waals surface area contributed by atoms with Crippen molar-refractivity contribution in [3.63, 3.8) is 0 Å². The Morgan fingerprint density at radius 1 is 0.931 bits per heavy atom. The maximum absolute atomic E-state index is 12.7. The van der Waals surface area contributed by atoms with Gasteiger partial charge in [-0.05, 0) is 57.3 Å². The van der Waals surface area contributed by atoms with Gasteiger partial charge in [-0.3, -0.25) is 4.90 Å². The summed E-state index contributed by atoms with van der Waals surface area (Å²) in [6.07, 6.45) is 10.2. The zero-order valence-corrected chi connectivity index (χ0v) is 17.7. The molecule has 29 heavy (non-hydrogen) atoms. The molecule has 0 bridgehead atoms. The Bertz CT molecular complexity index is 673. The number of hydrogen-bond acceptors (Lipinski definition) is 5. The van der Waals surface area contributed by atoms with Crippen LogP contribution in [0.4, 0.5) is 0 Å². The van der Waals surface area contributed by atoms with Crippen LogP contribution in [0.2, 0.25) is 0 Å². The maximum Gasteiger partial charge on any atom is 0.339 e. The second kappa shape index (κ2) is 11.3. The number of unbranched alkanes of at least 4 members (excludes halogenated alkanes) is 3. The van der Waals surface area contributed by atoms with E-state index in [9.17, 15) is 9.59 Å². The quantitative estimate of drug-likeness (QED) is 0.437. The molecule has 0 N–H and O–H groups in total. The molecule has 2 aliphatic heterocycles. The molecule has 1 aromatic carbocycles. The maximum atomic E-state index is 12.7. The standard InChI is InChI=1S/C24H35NO4/c1-2-3-4-9-17-28-23(26)20-12-5-6-13-21(20)24(27)29-18-19-11-10-16-25-15-8-7-14-22(19)25/h5-6,12-13,19,22H,2-4,7-11,14-18H2,1H3. The third-order valence-corrected chi connectivity index (χ3v) is 6.26. The summed E-state index contributed by atoms with van der Waals surface area (Å²) in [4.78, 5) is 27.8. The van der Waals surface area contributed by atoms with Crippen molar-refractivity contribution in [3.8, 4) is 0 Å². The van der Waals surface area contributed by atoms with Gasteiger partial charge >= 0.3 is 11.9 Å². The van der Waals surface area contributed by atoms with Crippen molar-refractivity contribution < 1.29 is 19.1 Å². The molecule has 2 atom stereocenters. The van der Waals surface area contributed by atoms with Crippen molar-refractivity contribution >= 4 is 11.9 Å². The van der Waals surface area contributed by atoms with Crippen molar-refractivity contribution in [1.82, 2.24) is 4.90 Å². The van der Waals surface area contributed by atoms with Gasteiger partial charge in [0.15, 0.2) is 0 Å². The van der Waals surface area contributed by atoms with Crippen molar-refractivity contribution in [2.75, 3.05) is 26.3 Å². The molecule has 2 unspecified atom stereocenters. The zero-order chi connectivity index (χ0) is 20.5. The minimum atomic E-state index is -0.440. The highest BCUT2D eigenvalue weighted by atomic mass is 16.5. The highest BCUT2D eigenvalue weighted by Gasteiger charge is 2.33. The van der Waals surface area contributed by atoms with E-state index in [2.05, 4.69) is 11.8 Å². The van der Waals surface area contributed by atoms with E-state index in [1.165, 1.54) is 38.8 Å². The summed E-state index contributed by atoms with van der Waals surface area (Å²) in [5.74, 6) is -0.465. The van der Waals surface area contributed by atoms with Crippen LogP contribution in [-0.2, 0) is 9.47 Å². The fourth-order valence-electron chi connectivity index (χ4n) is 4.64. The van der Waals surface area contributed by atoms with Crippen LogP contribution in [0.15, 0.2) is 24.3 Å². The Morgan fingerprint density at radius 3 is 2.41 bits per heavy atom. The van der Waals surface area contributed by atoms with Crippen LogP contribution < -0.4 is 0 Å². The van der Waals surface area contributed by atoms with Gasteiger partial charge in [0.2, 0.25) is 0 Å². The molecule has 2 saturated heterocycles. The number of esters is 2. The lowest BCUT2D eigenvalue weighted by molar-refractivity contribution is 0.00711. The normalized spacial score (nSPS) is 22.0. The fourth-order valence-corrected chi connectivity index (χ4v) is 4.64. The average Bonchev–Trinajstić information content (AvgIpc) is 2.77. The Hall–Kier alpha value is -1.88. The van der Waals surface area contributed by atoms with Crippen molar-refractivity contribution in [1.29, 1.82) is 0 Å². The third-order valence-electron chi connectivity index (χ3n) is 6.26. The Kier molecular flexibility index (Phi) is 8.53. The monoisotopic (exact) mass is 401 g/mol. The SMILES string of the molecule is CCCCCCOC(=O)c1ccccc1C(=O)OCC1CCCN2CCCCC12. The van der Waals surface area contributed by atoms with Crippen LogP contribution in [0.3, 0.4) is 0 Å². The lowest BCUT2D eigenvalue weighted by Crippen LogP contribution is -2.49. The van der Waals surface area contributed by atoms with Crippen molar-refractivity contribution in [2.24, 2.45) is 5.92 Å². The molecule has 2 aliphatic rings. The van der Waals surface area contributed by atoms with E-state index < -0.39 is 11.9 Å². The Balaban J connectivity index is 1.54. The third kappa shape index (κ3) is 6.05. The second-order valence-electron chi connectivity index (χ2n) is 8.34. The number of carbonyl (C=O) groups is 2. The molecule has 1 aromatic rings. The number of piperidine rings is 2. The van der Waals surface area contributed by atoms with Crippen LogP contribution in [0.1, 0.15) is 85.4 Å². The smallest absolute Gasteiger partial charge is 0.339 e. The Labute approximate surface area is 174 Å². The van der Waals surface area contributed by atoms with Crippen molar-refractivity contribution in [2.45, 2.75) is 70.8 Å². The largest absolute Gasteiger partial charge is 0.462 e. The molecule has 0 amide bonds. The molecule has 0 aliphatic carbocycles. The molecule has 160 valence electrons. The number of carbonyl (C=O) groups excluding carboxylic acids is 2. The van der Waals surface area contributed by atoms with Gasteiger partial charge in [0, 0.05) is 12.0 Å². The second-order valence-corrected chi connectivity index (χ2v) is 8.34. The lowest BCUT2D eigenvalue weighted by Gasteiger charge is -2.44. The van der Waals surface area contributed by atoms with Crippen LogP contribution in [0.5, 0.6) is 0 Å². The van der Waals surface area contributed by atoms with Gasteiger partial charge in [-0.1, -0.05) is 44.7 Å². The van der Waals surface area contributed by atoms with Gasteiger partial charge in [0.25, 0.3) is 0 Å². The minimum absolute atomic E-state index is 0.302. The van der Waals surface area contributed by atoms with Gasteiger partial charge in [0.05, 0.1) is 24.3 Å². The highest BCUT2D eigenvalue weighted by molar-refractivity contribution is 6.03. The van der Waals surface area contributed by atoms with Crippen LogP contribution >= 0.6 is 0 Å². The van der Waals surface area contributed by atoms with Crippen LogP contribution in [-0.4, -0.2) is 49.2 Å². The van der Waals surface area contributed by atoms with E-state index in [4.69, 9.17) is 9.47 Å². The van der Waals surface area contributed by atoms with E-state index in [1.807, 2.05) is 0 Å². The molecular weight excluding hydrogens is 366 g/mol. The molecular formula is C24H35NO4. The van der Waals surface area contributed by atoms with E-state index in [0.29, 0.717) is 36.3 Å². The molecule has 3 rings (SSSR count). The number of rotatable bonds is 9. The first kappa shape index (κ1) is 21.8. The van der Waals surface area contributed by atoms with Crippen molar-refractivity contribution in [3.05, 3.63) is 35.4 Å². The van der Waals surface area contributed by atoms with Gasteiger partial charge in [0.1, 0.15) is 0 Å². The number of hydrogen-bond donors (Lipinski definition) is 0. The van der Waals surface area contributed by atoms with Gasteiger partial charge in [-0.2, -0.15) is 0 Å². The summed E-state index contributed by atoms with van der Waals surface area (Å²) in [5.41, 5.74) is 0.610. The van der Waals surface area contributed by atoms with E-state index in [1.54, 1.807) is 24.3 Å². The van der Waals surface area contributed by atoms with E-state index >= 15 is 0 Å². The molecule has 2 fully saturated rings. The molecule has 5 nitrogen and oxygen atoms in total. The molecule has 5 heteroatoms. The fraction of sp³-hybridized carbons (Fsp3) is 0.667. The van der Waals surface area contributed by atoms with Crippen LogP contribution in [0, 0.1) is 5.92 Å². The van der Waals surface area contributed by atoms with E-state index in [0.717, 1.165) is 32.1 Å². The summed E-state index contributed by atoms with van der Waals surface area (Å²) >= 11 is 0. The van der Waals surface area contributed by atoms with E-state index in [-0.39, 0.29) is 0 Å². The topological polar surface area (TPSA) is 55.8 Å². The predicted octanol–water partition coefficient (Wildman–Crippen LogP) is 4.85. The molecule has 2 heterocycles. The first-order valence-electron chi connectivity index (χ1n) is 11.4. The average molecular weight is 402 g/mol. The summed E-state index contributed by atoms with van der Waals surface area (Å²) in [6, 6.07) is 7.36. The predicted molar refractivity (Wildman–Crippen MR) is 113 cm³/mol. The zero-order valence-electron chi connectivity index (χ0n) is 17.7. The first-order chi connectivity index (χ1) is 14.2. The van der Waals surface area contributed by atoms with Gasteiger partial charge < -0.3 is 9.47 Å². The van der Waals surface area contributed by atoms with Gasteiger partial charge in [-0.15, -0.1) is 0 Å². The molecule has 0 radical (unpaired) electrons. The number of ether oxygens (including phenoxy) is 2. The van der Waals surface area contributed by atoms with Gasteiger partial charge in [-0.25, -0.2) is 9.59 Å². The van der Waals surface area contributed by atoms with Crippen LogP contribution in [0.25, 0.3) is 0 Å². The summed E-state index contributed by atoms with van der Waals surface area (Å²) in [5, 5.41) is 0. The summed E-state index contributed by atoms with van der Waals surface area (Å²) < 4.78 is 11.1. The number of nitrogens with zero attached hydrogens (tertiary/aromatic N) is 1. The molecule has 0 aromatic heterocycles. The molecule has 0 saturated carbocycles. The molecule has 0 spiro atoms. The minimum Gasteiger partial charge on any atom is -0.462 e. The Morgan fingerprint density at radius 2 is 1.66 bits per heavy atom. The lowest BCUT2D eigenvalue weighted by atomic mass is 9.84. The summed E-state index contributed by atoms with van der Waals surface area (Å²) in [7, 11) is 0. The first-order valence-corrected chi connectivity index (χ1v) is 11.4. The number of fused-ring (bicyclic) bond motifs is 1.